The Bertz CT molecular complexity index is 712. The number of aryl methyl sites for hydroxylation is 1. The molecular weight excluding hydrogens is 348 g/mol. The van der Waals surface area contributed by atoms with Gasteiger partial charge in [-0.2, -0.15) is 0 Å². The lowest BCUT2D eigenvalue weighted by Gasteiger charge is -2.28. The quantitative estimate of drug-likeness (QED) is 0.831. The Labute approximate surface area is 162 Å². The van der Waals surface area contributed by atoms with Crippen molar-refractivity contribution in [2.45, 2.75) is 25.8 Å². The highest BCUT2D eigenvalue weighted by Gasteiger charge is 2.24. The predicted molar refractivity (Wildman–Crippen MR) is 107 cm³/mol. The van der Waals surface area contributed by atoms with E-state index in [-0.39, 0.29) is 24.4 Å². The summed E-state index contributed by atoms with van der Waals surface area (Å²) in [7, 11) is 1.68. The Morgan fingerprint density at radius 1 is 1.12 bits per heavy atom. The van der Waals surface area contributed by atoms with Crippen LogP contribution in [0.15, 0.2) is 48.5 Å². The molecule has 0 radical (unpaired) electrons. The third-order valence-electron chi connectivity index (χ3n) is 4.93. The van der Waals surface area contributed by atoms with Gasteiger partial charge in [0.1, 0.15) is 5.75 Å². The van der Waals surface area contributed by atoms with Crippen molar-refractivity contribution in [3.63, 3.8) is 0 Å². The van der Waals surface area contributed by atoms with Gasteiger partial charge in [-0.1, -0.05) is 30.3 Å². The van der Waals surface area contributed by atoms with E-state index in [1.54, 1.807) is 7.11 Å². The van der Waals surface area contributed by atoms with E-state index in [1.165, 1.54) is 18.4 Å². The van der Waals surface area contributed by atoms with Crippen LogP contribution in [0, 0.1) is 6.92 Å². The maximum absolute atomic E-state index is 12.6. The minimum atomic E-state index is -0.00388. The van der Waals surface area contributed by atoms with E-state index in [2.05, 4.69) is 22.3 Å². The number of nitrogens with one attached hydrogen (secondary N) is 1. The zero-order valence-electron chi connectivity index (χ0n) is 15.4. The highest BCUT2D eigenvalue weighted by molar-refractivity contribution is 5.95. The number of carbonyl (C=O) groups excluding carboxylic acids is 1. The van der Waals surface area contributed by atoms with E-state index in [0.29, 0.717) is 6.54 Å². The summed E-state index contributed by atoms with van der Waals surface area (Å²) in [6.07, 6.45) is 2.44. The Balaban J connectivity index is 0.00000243. The van der Waals surface area contributed by atoms with Crippen LogP contribution in [-0.2, 0) is 0 Å². The molecule has 1 unspecified atom stereocenters. The van der Waals surface area contributed by atoms with E-state index in [0.717, 1.165) is 30.0 Å². The molecule has 1 amide bonds. The predicted octanol–water partition coefficient (Wildman–Crippen LogP) is 3.99. The number of nitrogens with zero attached hydrogens (tertiary/aromatic N) is 1. The van der Waals surface area contributed by atoms with Gasteiger partial charge in [-0.25, -0.2) is 0 Å². The molecule has 0 saturated carbocycles. The first-order valence-electron chi connectivity index (χ1n) is 8.91. The number of ether oxygens (including phenoxy) is 1. The van der Waals surface area contributed by atoms with Gasteiger partial charge in [0.05, 0.1) is 13.2 Å². The molecule has 26 heavy (non-hydrogen) atoms. The SMILES string of the molecule is COc1ccc(C(CNC(=O)c2ccccc2C)N2CCCC2)cc1.Cl. The molecule has 140 valence electrons. The lowest BCUT2D eigenvalue weighted by Crippen LogP contribution is -2.37. The normalized spacial score (nSPS) is 15.2. The lowest BCUT2D eigenvalue weighted by atomic mass is 10.0. The first kappa shape index (κ1) is 20.3. The average molecular weight is 375 g/mol. The lowest BCUT2D eigenvalue weighted by molar-refractivity contribution is 0.0937. The van der Waals surface area contributed by atoms with Gasteiger partial charge >= 0.3 is 0 Å². The Morgan fingerprint density at radius 2 is 1.77 bits per heavy atom. The van der Waals surface area contributed by atoms with Crippen molar-refractivity contribution in [2.75, 3.05) is 26.7 Å². The number of benzene rings is 2. The minimum Gasteiger partial charge on any atom is -0.497 e. The van der Waals surface area contributed by atoms with Gasteiger partial charge in [0, 0.05) is 12.1 Å². The van der Waals surface area contributed by atoms with Crippen LogP contribution in [0.3, 0.4) is 0 Å². The Morgan fingerprint density at radius 3 is 2.38 bits per heavy atom. The summed E-state index contributed by atoms with van der Waals surface area (Å²) in [5.41, 5.74) is 2.97. The highest BCUT2D eigenvalue weighted by atomic mass is 35.5. The second-order valence-electron chi connectivity index (χ2n) is 6.56. The van der Waals surface area contributed by atoms with Crippen LogP contribution in [0.2, 0.25) is 0 Å². The van der Waals surface area contributed by atoms with Crippen LogP contribution < -0.4 is 10.1 Å². The van der Waals surface area contributed by atoms with Crippen molar-refractivity contribution in [2.24, 2.45) is 0 Å². The van der Waals surface area contributed by atoms with Crippen LogP contribution >= 0.6 is 12.4 Å². The molecule has 3 rings (SSSR count). The fourth-order valence-corrected chi connectivity index (χ4v) is 3.45. The summed E-state index contributed by atoms with van der Waals surface area (Å²) < 4.78 is 5.26. The van der Waals surface area contributed by atoms with Crippen molar-refractivity contribution < 1.29 is 9.53 Å². The van der Waals surface area contributed by atoms with Crippen molar-refractivity contribution in [3.8, 4) is 5.75 Å². The van der Waals surface area contributed by atoms with Gasteiger partial charge in [-0.15, -0.1) is 12.4 Å². The zero-order valence-corrected chi connectivity index (χ0v) is 16.2. The molecule has 1 aliphatic rings. The first-order valence-corrected chi connectivity index (χ1v) is 8.91. The topological polar surface area (TPSA) is 41.6 Å². The first-order chi connectivity index (χ1) is 12.2. The Kier molecular flexibility index (Phi) is 7.49. The molecule has 0 spiro atoms. The van der Waals surface area contributed by atoms with E-state index in [1.807, 2.05) is 43.3 Å². The van der Waals surface area contributed by atoms with Gasteiger partial charge in [-0.3, -0.25) is 9.69 Å². The number of rotatable bonds is 6. The number of hydrogen-bond donors (Lipinski definition) is 1. The molecule has 1 fully saturated rings. The maximum atomic E-state index is 12.6. The van der Waals surface area contributed by atoms with Crippen LogP contribution in [0.4, 0.5) is 0 Å². The van der Waals surface area contributed by atoms with Gasteiger partial charge in [-0.05, 0) is 62.2 Å². The molecule has 0 aromatic heterocycles. The molecule has 0 bridgehead atoms. The number of likely N-dealkylation sites (tertiary alicyclic amines) is 1. The summed E-state index contributed by atoms with van der Waals surface area (Å²) in [6.45, 7) is 4.74. The largest absolute Gasteiger partial charge is 0.497 e. The second kappa shape index (κ2) is 9.60. The summed E-state index contributed by atoms with van der Waals surface area (Å²) in [6, 6.07) is 16.1. The van der Waals surface area contributed by atoms with E-state index in [9.17, 15) is 4.79 Å². The number of hydrogen-bond acceptors (Lipinski definition) is 3. The molecular formula is C21H27ClN2O2. The molecule has 1 aliphatic heterocycles. The monoisotopic (exact) mass is 374 g/mol. The Hall–Kier alpha value is -2.04. The van der Waals surface area contributed by atoms with E-state index >= 15 is 0 Å². The summed E-state index contributed by atoms with van der Waals surface area (Å²) in [5.74, 6) is 0.851. The van der Waals surface area contributed by atoms with Crippen LogP contribution in [-0.4, -0.2) is 37.6 Å². The summed E-state index contributed by atoms with van der Waals surface area (Å²) in [4.78, 5) is 15.0. The number of carbonyl (C=O) groups is 1. The van der Waals surface area contributed by atoms with Crippen LogP contribution in [0.1, 0.15) is 40.4 Å². The third kappa shape index (κ3) is 4.77. The fraction of sp³-hybridized carbons (Fsp3) is 0.381. The molecule has 1 atom stereocenters. The van der Waals surface area contributed by atoms with E-state index < -0.39 is 0 Å². The van der Waals surface area contributed by atoms with Gasteiger partial charge in [0.15, 0.2) is 0 Å². The number of halogens is 1. The smallest absolute Gasteiger partial charge is 0.251 e. The molecule has 2 aromatic rings. The molecule has 4 nitrogen and oxygen atoms in total. The molecule has 5 heteroatoms. The van der Waals surface area contributed by atoms with Crippen molar-refractivity contribution in [3.05, 3.63) is 65.2 Å². The van der Waals surface area contributed by atoms with Gasteiger partial charge in [0.2, 0.25) is 0 Å². The summed E-state index contributed by atoms with van der Waals surface area (Å²) >= 11 is 0. The molecule has 1 heterocycles. The number of amides is 1. The van der Waals surface area contributed by atoms with Gasteiger partial charge < -0.3 is 10.1 Å². The van der Waals surface area contributed by atoms with E-state index in [4.69, 9.17) is 4.74 Å². The van der Waals surface area contributed by atoms with Gasteiger partial charge in [0.25, 0.3) is 5.91 Å². The highest BCUT2D eigenvalue weighted by Crippen LogP contribution is 2.26. The third-order valence-corrected chi connectivity index (χ3v) is 4.93. The van der Waals surface area contributed by atoms with Crippen molar-refractivity contribution >= 4 is 18.3 Å². The maximum Gasteiger partial charge on any atom is 0.251 e. The van der Waals surface area contributed by atoms with Crippen LogP contribution in [0.25, 0.3) is 0 Å². The molecule has 1 N–H and O–H groups in total. The standard InChI is InChI=1S/C21H26N2O2.ClH/c1-16-7-3-4-8-19(16)21(24)22-15-20(23-13-5-6-14-23)17-9-11-18(25-2)12-10-17;/h3-4,7-12,20H,5-6,13-15H2,1-2H3,(H,22,24);1H. The minimum absolute atomic E-state index is 0. The zero-order chi connectivity index (χ0) is 17.6. The molecule has 2 aromatic carbocycles. The number of methoxy groups -OCH3 is 1. The van der Waals surface area contributed by atoms with Crippen LogP contribution in [0.5, 0.6) is 5.75 Å². The molecule has 0 aliphatic carbocycles. The summed E-state index contributed by atoms with van der Waals surface area (Å²) in [5, 5.41) is 3.13. The second-order valence-corrected chi connectivity index (χ2v) is 6.56. The van der Waals surface area contributed by atoms with Crippen molar-refractivity contribution in [1.29, 1.82) is 0 Å². The average Bonchev–Trinajstić information content (AvgIpc) is 3.17. The molecule has 1 saturated heterocycles. The van der Waals surface area contributed by atoms with Crippen molar-refractivity contribution in [1.82, 2.24) is 10.2 Å². The fourth-order valence-electron chi connectivity index (χ4n) is 3.45.